The number of rotatable bonds is 4. The first-order chi connectivity index (χ1) is 11.4. The van der Waals surface area contributed by atoms with Gasteiger partial charge in [0, 0.05) is 16.6 Å². The molecule has 0 saturated carbocycles. The zero-order valence-electron chi connectivity index (χ0n) is 14.7. The fraction of sp³-hybridized carbons (Fsp3) is 0.450. The number of hydrogen-bond donors (Lipinski definition) is 1. The van der Waals surface area contributed by atoms with Crippen LogP contribution in [0.15, 0.2) is 41.8 Å². The minimum atomic E-state index is 0.0713. The molecule has 2 heterocycles. The van der Waals surface area contributed by atoms with E-state index in [0.717, 1.165) is 25.1 Å². The summed E-state index contributed by atoms with van der Waals surface area (Å²) in [5.41, 5.74) is 2.28. The van der Waals surface area contributed by atoms with Crippen LogP contribution in [0.25, 0.3) is 0 Å². The summed E-state index contributed by atoms with van der Waals surface area (Å²) >= 11 is 1.79. The smallest absolute Gasteiger partial charge is 0.238 e. The largest absolute Gasteiger partial charge is 0.325 e. The molecule has 1 saturated heterocycles. The Balaban J connectivity index is 1.59. The Morgan fingerprint density at radius 3 is 2.62 bits per heavy atom. The minimum absolute atomic E-state index is 0.0713. The Kier molecular flexibility index (Phi) is 5.07. The van der Waals surface area contributed by atoms with E-state index in [2.05, 4.69) is 60.6 Å². The number of carbonyl (C=O) groups excluding carboxylic acids is 1. The molecule has 0 aliphatic carbocycles. The Hall–Kier alpha value is -1.65. The molecule has 0 radical (unpaired) electrons. The summed E-state index contributed by atoms with van der Waals surface area (Å²) < 4.78 is 0. The highest BCUT2D eigenvalue weighted by molar-refractivity contribution is 7.10. The SMILES string of the molecule is CC(C)(C)c1ccc(NC(=O)CN2CCC[C@@H]2c2cccs2)cc1. The number of anilines is 1. The van der Waals surface area contributed by atoms with E-state index >= 15 is 0 Å². The average molecular weight is 343 g/mol. The van der Waals surface area contributed by atoms with Gasteiger partial charge in [-0.05, 0) is 53.9 Å². The topological polar surface area (TPSA) is 32.3 Å². The third-order valence-corrected chi connectivity index (χ3v) is 5.59. The first-order valence-corrected chi connectivity index (χ1v) is 9.49. The number of amides is 1. The van der Waals surface area contributed by atoms with Crippen molar-refractivity contribution in [3.63, 3.8) is 0 Å². The molecule has 1 aromatic carbocycles. The van der Waals surface area contributed by atoms with Crippen molar-refractivity contribution >= 4 is 22.9 Å². The van der Waals surface area contributed by atoms with Gasteiger partial charge in [0.15, 0.2) is 0 Å². The van der Waals surface area contributed by atoms with E-state index in [0.29, 0.717) is 12.6 Å². The van der Waals surface area contributed by atoms with Crippen molar-refractivity contribution in [3.8, 4) is 0 Å². The normalized spacial score (nSPS) is 18.7. The van der Waals surface area contributed by atoms with Gasteiger partial charge in [-0.1, -0.05) is 39.0 Å². The van der Waals surface area contributed by atoms with Crippen LogP contribution in [0.5, 0.6) is 0 Å². The molecular formula is C20H26N2OS. The Bertz CT molecular complexity index is 671. The summed E-state index contributed by atoms with van der Waals surface area (Å²) in [6.45, 7) is 8.04. The van der Waals surface area contributed by atoms with Crippen LogP contribution in [0.1, 0.15) is 50.1 Å². The summed E-state index contributed by atoms with van der Waals surface area (Å²) in [4.78, 5) is 16.1. The molecule has 3 nitrogen and oxygen atoms in total. The lowest BCUT2D eigenvalue weighted by Gasteiger charge is -2.23. The zero-order valence-corrected chi connectivity index (χ0v) is 15.5. The zero-order chi connectivity index (χ0) is 17.2. The van der Waals surface area contributed by atoms with Crippen molar-refractivity contribution in [1.82, 2.24) is 4.90 Å². The molecule has 1 fully saturated rings. The second-order valence-electron chi connectivity index (χ2n) is 7.52. The average Bonchev–Trinajstić information content (AvgIpc) is 3.17. The summed E-state index contributed by atoms with van der Waals surface area (Å²) in [7, 11) is 0. The fourth-order valence-electron chi connectivity index (χ4n) is 3.26. The van der Waals surface area contributed by atoms with E-state index < -0.39 is 0 Å². The number of hydrogen-bond acceptors (Lipinski definition) is 3. The Morgan fingerprint density at radius 2 is 2.00 bits per heavy atom. The summed E-state index contributed by atoms with van der Waals surface area (Å²) in [5, 5.41) is 5.15. The van der Waals surface area contributed by atoms with Crippen LogP contribution in [-0.2, 0) is 10.2 Å². The maximum Gasteiger partial charge on any atom is 0.238 e. The van der Waals surface area contributed by atoms with Crippen molar-refractivity contribution in [2.75, 3.05) is 18.4 Å². The predicted octanol–water partition coefficient (Wildman–Crippen LogP) is 4.82. The van der Waals surface area contributed by atoms with Gasteiger partial charge in [0.05, 0.1) is 6.54 Å². The number of likely N-dealkylation sites (tertiary alicyclic amines) is 1. The van der Waals surface area contributed by atoms with Gasteiger partial charge in [0.25, 0.3) is 0 Å². The van der Waals surface area contributed by atoms with Crippen molar-refractivity contribution in [2.45, 2.75) is 45.1 Å². The maximum atomic E-state index is 12.4. The number of nitrogens with zero attached hydrogens (tertiary/aromatic N) is 1. The van der Waals surface area contributed by atoms with Crippen molar-refractivity contribution < 1.29 is 4.79 Å². The molecule has 4 heteroatoms. The third kappa shape index (κ3) is 4.05. The molecule has 0 unspecified atom stereocenters. The highest BCUT2D eigenvalue weighted by atomic mass is 32.1. The molecule has 1 atom stereocenters. The monoisotopic (exact) mass is 342 g/mol. The van der Waals surface area contributed by atoms with Crippen LogP contribution < -0.4 is 5.32 Å². The van der Waals surface area contributed by atoms with Crippen LogP contribution in [0.4, 0.5) is 5.69 Å². The van der Waals surface area contributed by atoms with Crippen LogP contribution in [0, 0.1) is 0 Å². The second-order valence-corrected chi connectivity index (χ2v) is 8.50. The van der Waals surface area contributed by atoms with Crippen molar-refractivity contribution in [3.05, 3.63) is 52.2 Å². The van der Waals surface area contributed by atoms with Gasteiger partial charge in [0.2, 0.25) is 5.91 Å². The molecule has 3 rings (SSSR count). The molecular weight excluding hydrogens is 316 g/mol. The molecule has 128 valence electrons. The van der Waals surface area contributed by atoms with Crippen LogP contribution >= 0.6 is 11.3 Å². The standard InChI is InChI=1S/C20H26N2OS/c1-20(2,3)15-8-10-16(11-9-15)21-19(23)14-22-12-4-6-17(22)18-7-5-13-24-18/h5,7-11,13,17H,4,6,12,14H2,1-3H3,(H,21,23)/t17-/m1/s1. The molecule has 0 spiro atoms. The van der Waals surface area contributed by atoms with Gasteiger partial charge in [-0.2, -0.15) is 0 Å². The predicted molar refractivity (Wildman–Crippen MR) is 102 cm³/mol. The third-order valence-electron chi connectivity index (χ3n) is 4.62. The van der Waals surface area contributed by atoms with E-state index in [1.54, 1.807) is 11.3 Å². The molecule has 1 aromatic heterocycles. The molecule has 2 aromatic rings. The number of nitrogens with one attached hydrogen (secondary N) is 1. The van der Waals surface area contributed by atoms with Crippen molar-refractivity contribution in [2.24, 2.45) is 0 Å². The maximum absolute atomic E-state index is 12.4. The molecule has 1 aliphatic heterocycles. The van der Waals surface area contributed by atoms with E-state index in [9.17, 15) is 4.79 Å². The Morgan fingerprint density at radius 1 is 1.25 bits per heavy atom. The van der Waals surface area contributed by atoms with E-state index in [4.69, 9.17) is 0 Å². The molecule has 24 heavy (non-hydrogen) atoms. The van der Waals surface area contributed by atoms with Gasteiger partial charge in [-0.25, -0.2) is 0 Å². The lowest BCUT2D eigenvalue weighted by molar-refractivity contribution is -0.117. The number of carbonyl (C=O) groups is 1. The summed E-state index contributed by atoms with van der Waals surface area (Å²) in [5.74, 6) is 0.0713. The molecule has 1 aliphatic rings. The molecule has 0 bridgehead atoms. The Labute approximate surface area is 148 Å². The quantitative estimate of drug-likeness (QED) is 0.864. The highest BCUT2D eigenvalue weighted by Gasteiger charge is 2.28. The number of benzene rings is 1. The van der Waals surface area contributed by atoms with Gasteiger partial charge < -0.3 is 5.32 Å². The minimum Gasteiger partial charge on any atom is -0.325 e. The van der Waals surface area contributed by atoms with Gasteiger partial charge in [0.1, 0.15) is 0 Å². The van der Waals surface area contributed by atoms with Crippen LogP contribution in [-0.4, -0.2) is 23.9 Å². The lowest BCUT2D eigenvalue weighted by atomic mass is 9.87. The fourth-order valence-corrected chi connectivity index (χ4v) is 4.15. The molecule has 1 N–H and O–H groups in total. The highest BCUT2D eigenvalue weighted by Crippen LogP contribution is 2.34. The number of thiophene rings is 1. The second kappa shape index (κ2) is 7.08. The summed E-state index contributed by atoms with van der Waals surface area (Å²) in [6, 6.07) is 12.9. The van der Waals surface area contributed by atoms with Gasteiger partial charge in [-0.3, -0.25) is 9.69 Å². The first kappa shape index (κ1) is 17.2. The van der Waals surface area contributed by atoms with Crippen molar-refractivity contribution in [1.29, 1.82) is 0 Å². The first-order valence-electron chi connectivity index (χ1n) is 8.61. The van der Waals surface area contributed by atoms with Crippen LogP contribution in [0.2, 0.25) is 0 Å². The molecule has 1 amide bonds. The van der Waals surface area contributed by atoms with Gasteiger partial charge in [-0.15, -0.1) is 11.3 Å². The van der Waals surface area contributed by atoms with E-state index in [-0.39, 0.29) is 11.3 Å². The lowest BCUT2D eigenvalue weighted by Crippen LogP contribution is -2.32. The summed E-state index contributed by atoms with van der Waals surface area (Å²) in [6.07, 6.45) is 2.31. The van der Waals surface area contributed by atoms with E-state index in [1.807, 2.05) is 12.1 Å². The van der Waals surface area contributed by atoms with Crippen LogP contribution in [0.3, 0.4) is 0 Å². The van der Waals surface area contributed by atoms with Gasteiger partial charge >= 0.3 is 0 Å². The van der Waals surface area contributed by atoms with E-state index in [1.165, 1.54) is 10.4 Å².